The largest absolute Gasteiger partial charge is 0.504 e. The average Bonchev–Trinajstić information content (AvgIpc) is 2.94. The van der Waals surface area contributed by atoms with Gasteiger partial charge in [-0.25, -0.2) is 9.07 Å². The smallest absolute Gasteiger partial charge is 0.275 e. The summed E-state index contributed by atoms with van der Waals surface area (Å²) in [4.78, 5) is 12.1. The fourth-order valence-corrected chi connectivity index (χ4v) is 2.12. The molecule has 2 rings (SSSR count). The molecule has 2 aromatic rings. The minimum atomic E-state index is -1.00. The van der Waals surface area contributed by atoms with Gasteiger partial charge in [-0.1, -0.05) is 26.0 Å². The van der Waals surface area contributed by atoms with Gasteiger partial charge < -0.3 is 15.5 Å². The highest BCUT2D eigenvalue weighted by atomic mass is 19.1. The minimum absolute atomic E-state index is 0.0465. The van der Waals surface area contributed by atoms with E-state index >= 15 is 0 Å². The molecule has 1 aromatic carbocycles. The Bertz CT molecular complexity index is 696. The molecule has 1 amide bonds. The summed E-state index contributed by atoms with van der Waals surface area (Å²) in [7, 11) is 0. The summed E-state index contributed by atoms with van der Waals surface area (Å²) < 4.78 is 14.8. The monoisotopic (exact) mass is 321 g/mol. The van der Waals surface area contributed by atoms with Gasteiger partial charge >= 0.3 is 0 Å². The van der Waals surface area contributed by atoms with Gasteiger partial charge in [0, 0.05) is 6.54 Å². The van der Waals surface area contributed by atoms with E-state index in [-0.39, 0.29) is 23.7 Å². The standard InChI is InChI=1S/C16H20FN3O3/c1-3-16(23,4-2)10-18-15(22)14-13(21)9-20(19-14)12-8-6-5-7-11(12)17/h5-9,21,23H,3-4,10H2,1-2H3,(H,18,22). The molecule has 1 heterocycles. The van der Waals surface area contributed by atoms with Crippen molar-refractivity contribution in [3.63, 3.8) is 0 Å². The van der Waals surface area contributed by atoms with Crippen LogP contribution in [-0.2, 0) is 0 Å². The van der Waals surface area contributed by atoms with Crippen LogP contribution in [0, 0.1) is 5.82 Å². The lowest BCUT2D eigenvalue weighted by Gasteiger charge is -2.25. The number of amides is 1. The molecule has 0 bridgehead atoms. The van der Waals surface area contributed by atoms with Crippen molar-refractivity contribution in [3.8, 4) is 11.4 Å². The van der Waals surface area contributed by atoms with Gasteiger partial charge in [0.05, 0.1) is 11.8 Å². The number of nitrogens with zero attached hydrogens (tertiary/aromatic N) is 2. The maximum atomic E-state index is 13.7. The normalized spacial score (nSPS) is 11.5. The fourth-order valence-electron chi connectivity index (χ4n) is 2.12. The van der Waals surface area contributed by atoms with Crippen molar-refractivity contribution < 1.29 is 19.4 Å². The second-order valence-corrected chi connectivity index (χ2v) is 5.37. The molecule has 0 spiro atoms. The number of carbonyl (C=O) groups excluding carboxylic acids is 1. The molecule has 3 N–H and O–H groups in total. The summed E-state index contributed by atoms with van der Waals surface area (Å²) in [5.41, 5.74) is -1.09. The summed E-state index contributed by atoms with van der Waals surface area (Å²) in [6.45, 7) is 3.69. The van der Waals surface area contributed by atoms with E-state index in [0.717, 1.165) is 4.68 Å². The number of hydrogen-bond donors (Lipinski definition) is 3. The Hall–Kier alpha value is -2.41. The number of halogens is 1. The van der Waals surface area contributed by atoms with Crippen LogP contribution in [0.4, 0.5) is 4.39 Å². The Morgan fingerprint density at radius 2 is 2.00 bits per heavy atom. The van der Waals surface area contributed by atoms with E-state index in [1.165, 1.54) is 24.4 Å². The molecular weight excluding hydrogens is 301 g/mol. The molecule has 7 heteroatoms. The molecular formula is C16H20FN3O3. The Balaban J connectivity index is 2.18. The SMILES string of the molecule is CCC(O)(CC)CNC(=O)c1nn(-c2ccccc2F)cc1O. The summed E-state index contributed by atoms with van der Waals surface area (Å²) >= 11 is 0. The second kappa shape index (κ2) is 6.78. The zero-order valence-electron chi connectivity index (χ0n) is 13.1. The molecule has 0 radical (unpaired) electrons. The fraction of sp³-hybridized carbons (Fsp3) is 0.375. The van der Waals surface area contributed by atoms with Gasteiger partial charge in [0.25, 0.3) is 5.91 Å². The molecule has 1 aromatic heterocycles. The number of aromatic nitrogens is 2. The zero-order chi connectivity index (χ0) is 17.0. The molecule has 0 atom stereocenters. The van der Waals surface area contributed by atoms with E-state index in [0.29, 0.717) is 12.8 Å². The van der Waals surface area contributed by atoms with Crippen LogP contribution in [0.3, 0.4) is 0 Å². The topological polar surface area (TPSA) is 87.4 Å². The molecule has 6 nitrogen and oxygen atoms in total. The molecule has 0 fully saturated rings. The number of nitrogens with one attached hydrogen (secondary N) is 1. The summed E-state index contributed by atoms with van der Waals surface area (Å²) in [5.74, 6) is -1.51. The third-order valence-corrected chi connectivity index (χ3v) is 3.90. The van der Waals surface area contributed by atoms with Crippen molar-refractivity contribution in [1.82, 2.24) is 15.1 Å². The predicted octanol–water partition coefficient (Wildman–Crippen LogP) is 2.00. The molecule has 0 aliphatic carbocycles. The zero-order valence-corrected chi connectivity index (χ0v) is 13.1. The molecule has 124 valence electrons. The quantitative estimate of drug-likeness (QED) is 0.759. The van der Waals surface area contributed by atoms with Crippen LogP contribution in [0.2, 0.25) is 0 Å². The van der Waals surface area contributed by atoms with Crippen LogP contribution in [-0.4, -0.2) is 38.0 Å². The molecule has 0 aliphatic heterocycles. The number of aromatic hydroxyl groups is 1. The van der Waals surface area contributed by atoms with Gasteiger partial charge in [0.2, 0.25) is 0 Å². The highest BCUT2D eigenvalue weighted by Gasteiger charge is 2.25. The number of carbonyl (C=O) groups is 1. The van der Waals surface area contributed by atoms with E-state index in [1.807, 2.05) is 13.8 Å². The predicted molar refractivity (Wildman–Crippen MR) is 83.1 cm³/mol. The van der Waals surface area contributed by atoms with Crippen LogP contribution in [0.15, 0.2) is 30.5 Å². The van der Waals surface area contributed by atoms with Crippen LogP contribution in [0.25, 0.3) is 5.69 Å². The van der Waals surface area contributed by atoms with E-state index in [1.54, 1.807) is 6.07 Å². The van der Waals surface area contributed by atoms with Crippen LogP contribution in [0.5, 0.6) is 5.75 Å². The summed E-state index contributed by atoms with van der Waals surface area (Å²) in [6.07, 6.45) is 2.14. The van der Waals surface area contributed by atoms with Gasteiger partial charge in [-0.3, -0.25) is 4.79 Å². The molecule has 23 heavy (non-hydrogen) atoms. The van der Waals surface area contributed by atoms with Gasteiger partial charge in [-0.05, 0) is 25.0 Å². The number of rotatable bonds is 6. The van der Waals surface area contributed by atoms with Crippen molar-refractivity contribution in [2.24, 2.45) is 0 Å². The van der Waals surface area contributed by atoms with E-state index in [2.05, 4.69) is 10.4 Å². The molecule has 0 aliphatic rings. The van der Waals surface area contributed by atoms with E-state index < -0.39 is 17.3 Å². The average molecular weight is 321 g/mol. The Morgan fingerprint density at radius 3 is 2.61 bits per heavy atom. The lowest BCUT2D eigenvalue weighted by atomic mass is 9.97. The Kier molecular flexibility index (Phi) is 5.00. The number of para-hydroxylation sites is 1. The van der Waals surface area contributed by atoms with Crippen LogP contribution >= 0.6 is 0 Å². The Morgan fingerprint density at radius 1 is 1.35 bits per heavy atom. The molecule has 0 saturated carbocycles. The third kappa shape index (κ3) is 3.68. The van der Waals surface area contributed by atoms with Gasteiger partial charge in [0.15, 0.2) is 11.4 Å². The van der Waals surface area contributed by atoms with Crippen molar-refractivity contribution in [1.29, 1.82) is 0 Å². The van der Waals surface area contributed by atoms with Crippen LogP contribution in [0.1, 0.15) is 37.2 Å². The lowest BCUT2D eigenvalue weighted by molar-refractivity contribution is 0.0312. The van der Waals surface area contributed by atoms with E-state index in [9.17, 15) is 19.4 Å². The maximum Gasteiger partial charge on any atom is 0.275 e. The maximum absolute atomic E-state index is 13.7. The minimum Gasteiger partial charge on any atom is -0.504 e. The van der Waals surface area contributed by atoms with Gasteiger partial charge in [-0.15, -0.1) is 0 Å². The van der Waals surface area contributed by atoms with Crippen molar-refractivity contribution in [2.45, 2.75) is 32.3 Å². The highest BCUT2D eigenvalue weighted by Crippen LogP contribution is 2.20. The van der Waals surface area contributed by atoms with Crippen molar-refractivity contribution in [3.05, 3.63) is 42.0 Å². The Labute approximate surface area is 133 Å². The highest BCUT2D eigenvalue weighted by molar-refractivity contribution is 5.94. The summed E-state index contributed by atoms with van der Waals surface area (Å²) in [6, 6.07) is 5.90. The first-order valence-electron chi connectivity index (χ1n) is 7.44. The first-order valence-corrected chi connectivity index (χ1v) is 7.44. The first kappa shape index (κ1) is 17.0. The number of aliphatic hydroxyl groups is 1. The summed E-state index contributed by atoms with van der Waals surface area (Å²) in [5, 5.41) is 26.5. The van der Waals surface area contributed by atoms with Crippen LogP contribution < -0.4 is 5.32 Å². The van der Waals surface area contributed by atoms with E-state index in [4.69, 9.17) is 0 Å². The molecule has 0 saturated heterocycles. The lowest BCUT2D eigenvalue weighted by Crippen LogP contribution is -2.42. The van der Waals surface area contributed by atoms with Gasteiger partial charge in [-0.2, -0.15) is 5.10 Å². The first-order chi connectivity index (χ1) is 10.9. The second-order valence-electron chi connectivity index (χ2n) is 5.37. The number of hydrogen-bond acceptors (Lipinski definition) is 4. The molecule has 0 unspecified atom stereocenters. The van der Waals surface area contributed by atoms with Crippen molar-refractivity contribution in [2.75, 3.05) is 6.54 Å². The third-order valence-electron chi connectivity index (χ3n) is 3.90. The van der Waals surface area contributed by atoms with Gasteiger partial charge in [0.1, 0.15) is 11.5 Å². The van der Waals surface area contributed by atoms with Crippen molar-refractivity contribution >= 4 is 5.91 Å². The number of benzene rings is 1.